The van der Waals surface area contributed by atoms with Crippen molar-refractivity contribution >= 4 is 12.0 Å². The third-order valence-corrected chi connectivity index (χ3v) is 2.97. The Kier molecular flexibility index (Phi) is 4.03. The molecule has 0 aliphatic heterocycles. The van der Waals surface area contributed by atoms with Crippen molar-refractivity contribution in [2.75, 3.05) is 6.54 Å². The summed E-state index contributed by atoms with van der Waals surface area (Å²) in [6, 6.07) is -0.314. The number of aliphatic carboxylic acids is 1. The lowest BCUT2D eigenvalue weighted by Crippen LogP contribution is -2.47. The van der Waals surface area contributed by atoms with Gasteiger partial charge in [0.05, 0.1) is 6.33 Å². The lowest BCUT2D eigenvalue weighted by atomic mass is 10.3. The number of urea groups is 1. The number of carboxylic acid groups (broad SMARTS) is 1. The average Bonchev–Trinajstić information content (AvgIpc) is 3.04. The Hall–Kier alpha value is -2.05. The number of imidazole rings is 1. The molecule has 1 fully saturated rings. The third kappa shape index (κ3) is 3.97. The van der Waals surface area contributed by atoms with E-state index >= 15 is 0 Å². The highest BCUT2D eigenvalue weighted by Crippen LogP contribution is 2.26. The Morgan fingerprint density at radius 1 is 1.58 bits per heavy atom. The number of rotatable bonds is 6. The van der Waals surface area contributed by atoms with Crippen LogP contribution in [0.3, 0.4) is 0 Å². The van der Waals surface area contributed by atoms with Crippen LogP contribution in [-0.2, 0) is 11.3 Å². The summed E-state index contributed by atoms with van der Waals surface area (Å²) in [4.78, 5) is 28.1. The number of carboxylic acids is 1. The molecule has 1 heterocycles. The van der Waals surface area contributed by atoms with Crippen LogP contribution in [0.15, 0.2) is 18.7 Å². The van der Waals surface area contributed by atoms with Crippen LogP contribution in [0.4, 0.5) is 4.79 Å². The van der Waals surface area contributed by atoms with Crippen LogP contribution in [0.1, 0.15) is 19.8 Å². The average molecular weight is 266 g/mol. The van der Waals surface area contributed by atoms with Gasteiger partial charge >= 0.3 is 12.0 Å². The van der Waals surface area contributed by atoms with Crippen LogP contribution < -0.4 is 5.32 Å². The number of nitrogens with one attached hydrogen (secondary N) is 1. The summed E-state index contributed by atoms with van der Waals surface area (Å²) in [7, 11) is 0. The quantitative estimate of drug-likeness (QED) is 0.786. The Balaban J connectivity index is 1.85. The summed E-state index contributed by atoms with van der Waals surface area (Å²) in [6.07, 6.45) is 6.94. The molecule has 104 valence electrons. The SMILES string of the molecule is CC(Cn1ccnc1)NC(=O)N(CC(=O)O)C1CC1. The first kappa shape index (κ1) is 13.4. The molecule has 1 aliphatic carbocycles. The molecule has 2 rings (SSSR count). The summed E-state index contributed by atoms with van der Waals surface area (Å²) in [6.45, 7) is 2.25. The van der Waals surface area contributed by atoms with Crippen LogP contribution in [0.2, 0.25) is 0 Å². The second-order valence-electron chi connectivity index (χ2n) is 4.86. The summed E-state index contributed by atoms with van der Waals surface area (Å²) in [5.41, 5.74) is 0. The molecular formula is C12H18N4O3. The van der Waals surface area contributed by atoms with Gasteiger partial charge in [-0.05, 0) is 19.8 Å². The van der Waals surface area contributed by atoms with Gasteiger partial charge < -0.3 is 19.9 Å². The Labute approximate surface area is 111 Å². The van der Waals surface area contributed by atoms with Crippen LogP contribution in [0.25, 0.3) is 0 Å². The fourth-order valence-electron chi connectivity index (χ4n) is 1.95. The molecule has 0 saturated heterocycles. The van der Waals surface area contributed by atoms with Crippen molar-refractivity contribution in [1.82, 2.24) is 19.8 Å². The first-order chi connectivity index (χ1) is 9.06. The zero-order valence-electron chi connectivity index (χ0n) is 10.8. The molecule has 1 aromatic rings. The van der Waals surface area contributed by atoms with E-state index in [1.807, 2.05) is 17.7 Å². The van der Waals surface area contributed by atoms with E-state index in [1.165, 1.54) is 4.90 Å². The Morgan fingerprint density at radius 2 is 2.32 bits per heavy atom. The van der Waals surface area contributed by atoms with Crippen LogP contribution in [-0.4, -0.2) is 50.2 Å². The highest BCUT2D eigenvalue weighted by Gasteiger charge is 2.34. The lowest BCUT2D eigenvalue weighted by molar-refractivity contribution is -0.137. The predicted molar refractivity (Wildman–Crippen MR) is 67.6 cm³/mol. The van der Waals surface area contributed by atoms with E-state index in [4.69, 9.17) is 5.11 Å². The smallest absolute Gasteiger partial charge is 0.323 e. The van der Waals surface area contributed by atoms with Crippen LogP contribution in [0.5, 0.6) is 0 Å². The van der Waals surface area contributed by atoms with Crippen molar-refractivity contribution in [2.45, 2.75) is 38.4 Å². The Morgan fingerprint density at radius 3 is 2.84 bits per heavy atom. The van der Waals surface area contributed by atoms with Crippen LogP contribution in [0, 0.1) is 0 Å². The van der Waals surface area contributed by atoms with Gasteiger partial charge in [-0.15, -0.1) is 0 Å². The van der Waals surface area contributed by atoms with E-state index in [0.717, 1.165) is 12.8 Å². The van der Waals surface area contributed by atoms with Gasteiger partial charge in [0.1, 0.15) is 6.54 Å². The molecule has 0 radical (unpaired) electrons. The standard InChI is InChI=1S/C12H18N4O3/c1-9(6-15-5-4-13-8-15)14-12(19)16(7-11(17)18)10-2-3-10/h4-5,8-10H,2-3,6-7H2,1H3,(H,14,19)(H,17,18). The predicted octanol–water partition coefficient (Wildman–Crippen LogP) is 0.530. The minimum absolute atomic E-state index is 0.0801. The second kappa shape index (κ2) is 5.73. The fourth-order valence-corrected chi connectivity index (χ4v) is 1.95. The Bertz CT molecular complexity index is 442. The van der Waals surface area contributed by atoms with Gasteiger partial charge in [-0.2, -0.15) is 0 Å². The molecule has 1 unspecified atom stereocenters. The van der Waals surface area contributed by atoms with Crippen molar-refractivity contribution in [3.8, 4) is 0 Å². The molecule has 1 aromatic heterocycles. The van der Waals surface area contributed by atoms with Crippen molar-refractivity contribution < 1.29 is 14.7 Å². The van der Waals surface area contributed by atoms with Crippen molar-refractivity contribution in [3.05, 3.63) is 18.7 Å². The summed E-state index contributed by atoms with van der Waals surface area (Å²) in [5.74, 6) is -0.982. The monoisotopic (exact) mass is 266 g/mol. The van der Waals surface area contributed by atoms with E-state index in [2.05, 4.69) is 10.3 Å². The number of amides is 2. The first-order valence-corrected chi connectivity index (χ1v) is 6.31. The van der Waals surface area contributed by atoms with E-state index in [-0.39, 0.29) is 24.7 Å². The molecule has 1 aliphatic rings. The first-order valence-electron chi connectivity index (χ1n) is 6.31. The molecular weight excluding hydrogens is 248 g/mol. The minimum atomic E-state index is -0.982. The van der Waals surface area contributed by atoms with Gasteiger partial charge in [-0.3, -0.25) is 4.79 Å². The van der Waals surface area contributed by atoms with E-state index in [0.29, 0.717) is 6.54 Å². The number of carbonyl (C=O) groups excluding carboxylic acids is 1. The molecule has 7 nitrogen and oxygen atoms in total. The van der Waals surface area contributed by atoms with Gasteiger partial charge in [0.25, 0.3) is 0 Å². The van der Waals surface area contributed by atoms with Gasteiger partial charge in [-0.1, -0.05) is 0 Å². The molecule has 2 amide bonds. The van der Waals surface area contributed by atoms with E-state index in [9.17, 15) is 9.59 Å². The van der Waals surface area contributed by atoms with Gasteiger partial charge in [0.15, 0.2) is 0 Å². The zero-order chi connectivity index (χ0) is 13.8. The number of aromatic nitrogens is 2. The fraction of sp³-hybridized carbons (Fsp3) is 0.583. The van der Waals surface area contributed by atoms with Gasteiger partial charge in [-0.25, -0.2) is 9.78 Å². The second-order valence-corrected chi connectivity index (χ2v) is 4.86. The van der Waals surface area contributed by atoms with E-state index in [1.54, 1.807) is 12.5 Å². The molecule has 0 aromatic carbocycles. The number of nitrogens with zero attached hydrogens (tertiary/aromatic N) is 3. The molecule has 0 spiro atoms. The molecule has 0 bridgehead atoms. The molecule has 7 heteroatoms. The maximum absolute atomic E-state index is 12.0. The molecule has 19 heavy (non-hydrogen) atoms. The summed E-state index contributed by atoms with van der Waals surface area (Å²) in [5, 5.41) is 11.6. The van der Waals surface area contributed by atoms with Crippen molar-refractivity contribution in [1.29, 1.82) is 0 Å². The number of hydrogen-bond acceptors (Lipinski definition) is 3. The maximum atomic E-state index is 12.0. The largest absolute Gasteiger partial charge is 0.480 e. The number of carbonyl (C=O) groups is 2. The molecule has 2 N–H and O–H groups in total. The third-order valence-electron chi connectivity index (χ3n) is 2.97. The zero-order valence-corrected chi connectivity index (χ0v) is 10.8. The topological polar surface area (TPSA) is 87.5 Å². The molecule has 1 atom stereocenters. The van der Waals surface area contributed by atoms with Gasteiger partial charge in [0, 0.05) is 31.0 Å². The molecule has 1 saturated carbocycles. The normalized spacial score (nSPS) is 15.8. The summed E-state index contributed by atoms with van der Waals surface area (Å²) >= 11 is 0. The lowest BCUT2D eigenvalue weighted by Gasteiger charge is -2.23. The highest BCUT2D eigenvalue weighted by molar-refractivity contribution is 5.80. The minimum Gasteiger partial charge on any atom is -0.480 e. The maximum Gasteiger partial charge on any atom is 0.323 e. The van der Waals surface area contributed by atoms with Crippen molar-refractivity contribution in [3.63, 3.8) is 0 Å². The van der Waals surface area contributed by atoms with Crippen LogP contribution >= 0.6 is 0 Å². The summed E-state index contributed by atoms with van der Waals surface area (Å²) < 4.78 is 1.86. The van der Waals surface area contributed by atoms with Gasteiger partial charge in [0.2, 0.25) is 0 Å². The number of hydrogen-bond donors (Lipinski definition) is 2. The van der Waals surface area contributed by atoms with E-state index < -0.39 is 5.97 Å². The highest BCUT2D eigenvalue weighted by atomic mass is 16.4. The van der Waals surface area contributed by atoms with Crippen molar-refractivity contribution in [2.24, 2.45) is 0 Å².